The summed E-state index contributed by atoms with van der Waals surface area (Å²) in [7, 11) is 5.80. The Balaban J connectivity index is 1.19. The van der Waals surface area contributed by atoms with Gasteiger partial charge in [-0.3, -0.25) is 18.8 Å². The van der Waals surface area contributed by atoms with Crippen LogP contribution in [-0.4, -0.2) is 68.1 Å². The second-order valence-electron chi connectivity index (χ2n) is 12.0. The Morgan fingerprint density at radius 3 is 2.64 bits per heavy atom. The summed E-state index contributed by atoms with van der Waals surface area (Å²) in [4.78, 5) is 21.8. The number of nitrogens with zero attached hydrogens (tertiary/aromatic N) is 6. The molecule has 0 radical (unpaired) electrons. The fourth-order valence-corrected chi connectivity index (χ4v) is 5.75. The van der Waals surface area contributed by atoms with E-state index in [4.69, 9.17) is 0 Å². The van der Waals surface area contributed by atoms with Crippen LogP contribution in [0.25, 0.3) is 5.65 Å². The number of hydrogen-bond acceptors (Lipinski definition) is 6. The van der Waals surface area contributed by atoms with Gasteiger partial charge in [-0.25, -0.2) is 4.98 Å². The molecule has 9 nitrogen and oxygen atoms in total. The first-order valence-electron chi connectivity index (χ1n) is 15.2. The number of carbonyl (C=O) groups is 1. The Labute approximate surface area is 271 Å². The van der Waals surface area contributed by atoms with Gasteiger partial charge in [0.05, 0.1) is 29.3 Å². The Morgan fingerprint density at radius 1 is 1.09 bits per heavy atom. The number of halogens is 3. The molecule has 1 saturated heterocycles. The number of carbonyl (C=O) groups excluding carboxylic acids is 1. The highest BCUT2D eigenvalue weighted by Crippen LogP contribution is 2.34. The van der Waals surface area contributed by atoms with Gasteiger partial charge in [-0.05, 0) is 80.9 Å². The molecule has 1 amide bonds. The minimum atomic E-state index is -4.59. The molecule has 242 valence electrons. The number of fused-ring (bicyclic) bond motifs is 1. The molecule has 12 heteroatoms. The first kappa shape index (κ1) is 31.8. The highest BCUT2D eigenvalue weighted by molar-refractivity contribution is 6.04. The van der Waals surface area contributed by atoms with Gasteiger partial charge in [0.1, 0.15) is 5.69 Å². The summed E-state index contributed by atoms with van der Waals surface area (Å²) in [6.07, 6.45) is 3.46. The first-order chi connectivity index (χ1) is 22.4. The normalized spacial score (nSPS) is 15.2. The molecule has 5 aromatic rings. The van der Waals surface area contributed by atoms with Gasteiger partial charge in [-0.2, -0.15) is 18.3 Å². The minimum absolute atomic E-state index is 0.0664. The van der Waals surface area contributed by atoms with E-state index >= 15 is 0 Å². The van der Waals surface area contributed by atoms with E-state index in [2.05, 4.69) is 37.5 Å². The van der Waals surface area contributed by atoms with Gasteiger partial charge in [-0.15, -0.1) is 0 Å². The van der Waals surface area contributed by atoms with Crippen LogP contribution in [0.5, 0.6) is 0 Å². The van der Waals surface area contributed by atoms with Gasteiger partial charge < -0.3 is 15.5 Å². The zero-order valence-corrected chi connectivity index (χ0v) is 26.6. The maximum Gasteiger partial charge on any atom is 0.416 e. The van der Waals surface area contributed by atoms with Crippen molar-refractivity contribution in [1.29, 1.82) is 0 Å². The highest BCUT2D eigenvalue weighted by Gasteiger charge is 2.35. The van der Waals surface area contributed by atoms with E-state index in [1.807, 2.05) is 68.0 Å². The van der Waals surface area contributed by atoms with Crippen molar-refractivity contribution in [3.63, 3.8) is 0 Å². The number of likely N-dealkylation sites (N-methyl/N-ethyl adjacent to an activating group) is 1. The van der Waals surface area contributed by atoms with E-state index in [0.29, 0.717) is 35.2 Å². The number of benzene rings is 2. The van der Waals surface area contributed by atoms with Crippen LogP contribution in [0.3, 0.4) is 0 Å². The van der Waals surface area contributed by atoms with Crippen molar-refractivity contribution in [2.75, 3.05) is 37.8 Å². The number of aryl methyl sites for hydroxylation is 2. The van der Waals surface area contributed by atoms with Gasteiger partial charge in [0.25, 0.3) is 5.91 Å². The Hall–Kier alpha value is -5.12. The predicted octanol–water partition coefficient (Wildman–Crippen LogP) is 5.93. The van der Waals surface area contributed by atoms with Crippen LogP contribution < -0.4 is 10.6 Å². The van der Waals surface area contributed by atoms with Crippen molar-refractivity contribution >= 4 is 28.6 Å². The van der Waals surface area contributed by atoms with E-state index in [1.165, 1.54) is 12.1 Å². The largest absolute Gasteiger partial charge is 0.416 e. The van der Waals surface area contributed by atoms with Gasteiger partial charge in [0.15, 0.2) is 5.65 Å². The smallest absolute Gasteiger partial charge is 0.350 e. The summed E-state index contributed by atoms with van der Waals surface area (Å²) in [5.74, 6) is 5.69. The maximum absolute atomic E-state index is 14.1. The Bertz CT molecular complexity index is 2000. The number of pyridine rings is 1. The molecule has 2 N–H and O–H groups in total. The molecule has 0 spiro atoms. The van der Waals surface area contributed by atoms with Crippen molar-refractivity contribution in [2.24, 2.45) is 7.05 Å². The second-order valence-corrected chi connectivity index (χ2v) is 12.0. The van der Waals surface area contributed by atoms with Crippen LogP contribution in [0.4, 0.5) is 30.2 Å². The molecule has 1 fully saturated rings. The van der Waals surface area contributed by atoms with Crippen molar-refractivity contribution in [2.45, 2.75) is 32.1 Å². The Morgan fingerprint density at radius 2 is 1.91 bits per heavy atom. The van der Waals surface area contributed by atoms with Crippen molar-refractivity contribution < 1.29 is 18.0 Å². The number of rotatable bonds is 7. The number of imidazole rings is 1. The highest BCUT2D eigenvalue weighted by atomic mass is 19.4. The summed E-state index contributed by atoms with van der Waals surface area (Å²) in [6, 6.07) is 13.2. The van der Waals surface area contributed by atoms with Gasteiger partial charge in [0.2, 0.25) is 0 Å². The molecule has 6 rings (SSSR count). The molecule has 0 saturated carbocycles. The number of aromatic nitrogens is 4. The van der Waals surface area contributed by atoms with Crippen molar-refractivity contribution in [3.05, 3.63) is 107 Å². The zero-order valence-electron chi connectivity index (χ0n) is 26.6. The summed E-state index contributed by atoms with van der Waals surface area (Å²) >= 11 is 0. The number of anilines is 3. The molecule has 1 aliphatic rings. The maximum atomic E-state index is 14.1. The number of nitrogens with one attached hydrogen (secondary N) is 2. The zero-order chi connectivity index (χ0) is 33.3. The van der Waals surface area contributed by atoms with Crippen LogP contribution in [0.1, 0.15) is 44.7 Å². The third-order valence-electron chi connectivity index (χ3n) is 8.39. The molecular formula is C35H35F3N8O. The molecular weight excluding hydrogens is 605 g/mol. The summed E-state index contributed by atoms with van der Waals surface area (Å²) in [5, 5.41) is 10.2. The second kappa shape index (κ2) is 12.9. The average molecular weight is 641 g/mol. The van der Waals surface area contributed by atoms with Crippen LogP contribution >= 0.6 is 0 Å². The van der Waals surface area contributed by atoms with Crippen LogP contribution in [0.2, 0.25) is 0 Å². The van der Waals surface area contributed by atoms with E-state index in [9.17, 15) is 18.0 Å². The molecule has 0 bridgehead atoms. The molecule has 3 aromatic heterocycles. The average Bonchev–Trinajstić information content (AvgIpc) is 3.78. The lowest BCUT2D eigenvalue weighted by atomic mass is 10.0. The van der Waals surface area contributed by atoms with Gasteiger partial charge in [0, 0.05) is 61.9 Å². The Kier molecular flexibility index (Phi) is 8.77. The van der Waals surface area contributed by atoms with Crippen LogP contribution in [0.15, 0.2) is 73.3 Å². The lowest BCUT2D eigenvalue weighted by Gasteiger charge is -2.22. The summed E-state index contributed by atoms with van der Waals surface area (Å²) in [6.45, 7) is 3.50. The van der Waals surface area contributed by atoms with Crippen molar-refractivity contribution in [1.82, 2.24) is 29.0 Å². The molecule has 2 aromatic carbocycles. The summed E-state index contributed by atoms with van der Waals surface area (Å²) in [5.41, 5.74) is 4.26. The van der Waals surface area contributed by atoms with Crippen LogP contribution in [0, 0.1) is 18.8 Å². The monoisotopic (exact) mass is 640 g/mol. The third kappa shape index (κ3) is 7.16. The van der Waals surface area contributed by atoms with Crippen LogP contribution in [-0.2, 0) is 19.8 Å². The van der Waals surface area contributed by atoms with Gasteiger partial charge >= 0.3 is 6.18 Å². The molecule has 4 heterocycles. The predicted molar refractivity (Wildman–Crippen MR) is 176 cm³/mol. The molecule has 1 atom stereocenters. The van der Waals surface area contributed by atoms with E-state index in [-0.39, 0.29) is 17.7 Å². The summed E-state index contributed by atoms with van der Waals surface area (Å²) < 4.78 is 46.0. The van der Waals surface area contributed by atoms with Crippen molar-refractivity contribution in [3.8, 4) is 11.8 Å². The van der Waals surface area contributed by atoms with Gasteiger partial charge in [-0.1, -0.05) is 18.1 Å². The van der Waals surface area contributed by atoms with E-state index in [1.54, 1.807) is 29.2 Å². The SMILES string of the molecule is Cc1ccc(NC(=O)c2ccc(CN3CCC(N(C)C)C3)c(C(F)(F)F)c2)cc1C#Cc1cnc2c(Nc3cnn(C)c3)cccn12. The fourth-order valence-electron chi connectivity index (χ4n) is 5.75. The standard InChI is InChI=1S/C35H35F3N8O/c1-23-7-11-27(16-24(23)10-12-29-19-39-33-32(6-5-14-46(29)33)41-28-18-40-44(4)21-28)42-34(47)25-8-9-26(31(17-25)35(36,37)38)20-45-15-13-30(22-45)43(2)3/h5-9,11,14,16-19,21,30,41H,13,15,20,22H2,1-4H3,(H,42,47). The molecule has 0 aliphatic carbocycles. The number of alkyl halides is 3. The molecule has 1 aliphatic heterocycles. The van der Waals surface area contributed by atoms with E-state index in [0.717, 1.165) is 36.0 Å². The fraction of sp³-hybridized carbons (Fsp3) is 0.286. The quantitative estimate of drug-likeness (QED) is 0.215. The molecule has 47 heavy (non-hydrogen) atoms. The first-order valence-corrected chi connectivity index (χ1v) is 15.2. The number of amides is 1. The van der Waals surface area contributed by atoms with E-state index < -0.39 is 17.6 Å². The number of hydrogen-bond donors (Lipinski definition) is 2. The lowest BCUT2D eigenvalue weighted by Crippen LogP contribution is -2.31. The third-order valence-corrected chi connectivity index (χ3v) is 8.39. The minimum Gasteiger partial charge on any atom is -0.350 e. The number of likely N-dealkylation sites (tertiary alicyclic amines) is 1. The molecule has 1 unspecified atom stereocenters. The topological polar surface area (TPSA) is 82.7 Å². The lowest BCUT2D eigenvalue weighted by molar-refractivity contribution is -0.138.